The van der Waals surface area contributed by atoms with Crippen LogP contribution in [0.15, 0.2) is 30.4 Å². The molecule has 3 rings (SSSR count). The molecule has 2 heterocycles. The van der Waals surface area contributed by atoms with Crippen LogP contribution in [0.3, 0.4) is 0 Å². The number of rotatable bonds is 3. The Labute approximate surface area is 135 Å². The summed E-state index contributed by atoms with van der Waals surface area (Å²) in [7, 11) is 1.30. The van der Waals surface area contributed by atoms with E-state index in [-0.39, 0.29) is 23.4 Å². The van der Waals surface area contributed by atoms with Crippen molar-refractivity contribution in [3.8, 4) is 0 Å². The van der Waals surface area contributed by atoms with Gasteiger partial charge in [0, 0.05) is 37.3 Å². The SMILES string of the molecule is CN1C(=O)CC(c2cc(N3C(=O)C=CC3=O)ccc2[N+](=O)[O-])C1=O. The average molecular weight is 329 g/mol. The van der Waals surface area contributed by atoms with Gasteiger partial charge in [-0.3, -0.25) is 34.2 Å². The maximum Gasteiger partial charge on any atom is 0.273 e. The van der Waals surface area contributed by atoms with E-state index in [1.807, 2.05) is 0 Å². The minimum atomic E-state index is -1.01. The highest BCUT2D eigenvalue weighted by Gasteiger charge is 2.41. The fraction of sp³-hybridized carbons (Fsp3) is 0.200. The number of nitro groups is 1. The zero-order valence-electron chi connectivity index (χ0n) is 12.5. The monoisotopic (exact) mass is 329 g/mol. The molecule has 0 bridgehead atoms. The van der Waals surface area contributed by atoms with Gasteiger partial charge in [0.2, 0.25) is 11.8 Å². The molecular weight excluding hydrogens is 318 g/mol. The first kappa shape index (κ1) is 15.5. The minimum absolute atomic E-state index is 0.00713. The second-order valence-corrected chi connectivity index (χ2v) is 5.39. The Hall–Kier alpha value is -3.36. The highest BCUT2D eigenvalue weighted by molar-refractivity contribution is 6.28. The van der Waals surface area contributed by atoms with E-state index < -0.39 is 34.5 Å². The van der Waals surface area contributed by atoms with E-state index in [2.05, 4.69) is 0 Å². The molecule has 1 aromatic carbocycles. The molecule has 1 aromatic rings. The lowest BCUT2D eigenvalue weighted by Gasteiger charge is -2.16. The lowest BCUT2D eigenvalue weighted by Crippen LogP contribution is -2.30. The third kappa shape index (κ3) is 2.26. The van der Waals surface area contributed by atoms with Crippen LogP contribution in [0.4, 0.5) is 11.4 Å². The molecule has 122 valence electrons. The summed E-state index contributed by atoms with van der Waals surface area (Å²) in [5.74, 6) is -3.17. The summed E-state index contributed by atoms with van der Waals surface area (Å²) in [6, 6.07) is 3.63. The van der Waals surface area contributed by atoms with Crippen LogP contribution in [0.25, 0.3) is 0 Å². The number of likely N-dealkylation sites (N-methyl/N-ethyl adjacent to an activating group) is 1. The molecule has 0 saturated carbocycles. The summed E-state index contributed by atoms with van der Waals surface area (Å²) in [6.45, 7) is 0. The lowest BCUT2D eigenvalue weighted by molar-refractivity contribution is -0.385. The van der Waals surface area contributed by atoms with Crippen molar-refractivity contribution >= 4 is 35.0 Å². The predicted octanol–water partition coefficient (Wildman–Crippen LogP) is 0.496. The van der Waals surface area contributed by atoms with Crippen molar-refractivity contribution in [3.63, 3.8) is 0 Å². The fourth-order valence-electron chi connectivity index (χ4n) is 2.78. The van der Waals surface area contributed by atoms with Gasteiger partial charge in [-0.15, -0.1) is 0 Å². The Morgan fingerprint density at radius 3 is 2.25 bits per heavy atom. The molecule has 1 atom stereocenters. The standard InChI is InChI=1S/C15H11N3O6/c1-16-14(21)7-10(15(16)22)9-6-8(2-3-11(9)18(23)24)17-12(19)4-5-13(17)20/h2-6,10H,7H2,1H3. The van der Waals surface area contributed by atoms with Crippen molar-refractivity contribution in [2.45, 2.75) is 12.3 Å². The van der Waals surface area contributed by atoms with Crippen LogP contribution in [0, 0.1) is 10.1 Å². The van der Waals surface area contributed by atoms with E-state index in [4.69, 9.17) is 0 Å². The van der Waals surface area contributed by atoms with Crippen LogP contribution in [-0.2, 0) is 19.2 Å². The molecule has 0 aromatic heterocycles. The summed E-state index contributed by atoms with van der Waals surface area (Å²) >= 11 is 0. The van der Waals surface area contributed by atoms with Crippen LogP contribution >= 0.6 is 0 Å². The third-order valence-electron chi connectivity index (χ3n) is 4.03. The first-order valence-electron chi connectivity index (χ1n) is 6.96. The van der Waals surface area contributed by atoms with E-state index in [0.29, 0.717) is 0 Å². The number of amides is 4. The van der Waals surface area contributed by atoms with Crippen LogP contribution < -0.4 is 4.90 Å². The lowest BCUT2D eigenvalue weighted by atomic mass is 9.95. The summed E-state index contributed by atoms with van der Waals surface area (Å²) < 4.78 is 0. The van der Waals surface area contributed by atoms with Crippen molar-refractivity contribution in [2.75, 3.05) is 11.9 Å². The van der Waals surface area contributed by atoms with Gasteiger partial charge >= 0.3 is 0 Å². The van der Waals surface area contributed by atoms with Crippen molar-refractivity contribution < 1.29 is 24.1 Å². The van der Waals surface area contributed by atoms with Gasteiger partial charge in [-0.25, -0.2) is 4.90 Å². The zero-order chi connectivity index (χ0) is 17.6. The molecule has 2 aliphatic heterocycles. The molecule has 0 N–H and O–H groups in total. The maximum absolute atomic E-state index is 12.2. The van der Waals surface area contributed by atoms with Gasteiger partial charge in [-0.2, -0.15) is 0 Å². The number of anilines is 1. The normalized spacial score (nSPS) is 20.5. The molecule has 24 heavy (non-hydrogen) atoms. The van der Waals surface area contributed by atoms with Crippen molar-refractivity contribution in [1.82, 2.24) is 4.90 Å². The number of carbonyl (C=O) groups excluding carboxylic acids is 4. The Bertz CT molecular complexity index is 826. The molecule has 2 aliphatic rings. The van der Waals surface area contributed by atoms with Crippen molar-refractivity contribution in [3.05, 3.63) is 46.0 Å². The Morgan fingerprint density at radius 1 is 1.12 bits per heavy atom. The molecule has 0 aliphatic carbocycles. The van der Waals surface area contributed by atoms with E-state index in [1.165, 1.54) is 19.2 Å². The summed E-state index contributed by atoms with van der Waals surface area (Å²) in [5.41, 5.74) is -0.217. The van der Waals surface area contributed by atoms with Gasteiger partial charge in [0.05, 0.1) is 16.5 Å². The van der Waals surface area contributed by atoms with Gasteiger partial charge in [-0.05, 0) is 12.1 Å². The molecule has 0 radical (unpaired) electrons. The first-order valence-corrected chi connectivity index (χ1v) is 6.96. The summed E-state index contributed by atoms with van der Waals surface area (Å²) in [5, 5.41) is 11.2. The predicted molar refractivity (Wildman–Crippen MR) is 79.9 cm³/mol. The van der Waals surface area contributed by atoms with E-state index >= 15 is 0 Å². The number of likely N-dealkylation sites (tertiary alicyclic amines) is 1. The topological polar surface area (TPSA) is 118 Å². The van der Waals surface area contributed by atoms with Crippen molar-refractivity contribution in [2.24, 2.45) is 0 Å². The van der Waals surface area contributed by atoms with E-state index in [1.54, 1.807) is 0 Å². The fourth-order valence-corrected chi connectivity index (χ4v) is 2.78. The molecule has 9 nitrogen and oxygen atoms in total. The Morgan fingerprint density at radius 2 is 1.75 bits per heavy atom. The van der Waals surface area contributed by atoms with Gasteiger partial charge in [0.15, 0.2) is 0 Å². The van der Waals surface area contributed by atoms with Gasteiger partial charge in [0.1, 0.15) is 0 Å². The second-order valence-electron chi connectivity index (χ2n) is 5.39. The number of nitro benzene ring substituents is 1. The van der Waals surface area contributed by atoms with Gasteiger partial charge in [0.25, 0.3) is 17.5 Å². The van der Waals surface area contributed by atoms with Crippen LogP contribution in [-0.4, -0.2) is 40.5 Å². The molecule has 1 unspecified atom stereocenters. The molecule has 1 saturated heterocycles. The average Bonchev–Trinajstić information content (AvgIpc) is 3.00. The Balaban J connectivity index is 2.10. The van der Waals surface area contributed by atoms with Gasteiger partial charge in [-0.1, -0.05) is 0 Å². The summed E-state index contributed by atoms with van der Waals surface area (Å²) in [4.78, 5) is 59.7. The zero-order valence-corrected chi connectivity index (χ0v) is 12.5. The molecule has 1 fully saturated rings. The number of nitrogens with zero attached hydrogens (tertiary/aromatic N) is 3. The highest BCUT2D eigenvalue weighted by atomic mass is 16.6. The Kier molecular flexibility index (Phi) is 3.48. The smallest absolute Gasteiger partial charge is 0.273 e. The molecule has 4 amide bonds. The molecule has 0 spiro atoms. The van der Waals surface area contributed by atoms with Crippen LogP contribution in [0.5, 0.6) is 0 Å². The van der Waals surface area contributed by atoms with E-state index in [9.17, 15) is 29.3 Å². The van der Waals surface area contributed by atoms with Crippen LogP contribution in [0.2, 0.25) is 0 Å². The first-order chi connectivity index (χ1) is 11.3. The minimum Gasteiger partial charge on any atom is -0.285 e. The maximum atomic E-state index is 12.2. The number of benzene rings is 1. The quantitative estimate of drug-likeness (QED) is 0.452. The largest absolute Gasteiger partial charge is 0.285 e. The second kappa shape index (κ2) is 5.37. The molecular formula is C15H11N3O6. The number of carbonyl (C=O) groups is 4. The van der Waals surface area contributed by atoms with Crippen molar-refractivity contribution in [1.29, 1.82) is 0 Å². The van der Waals surface area contributed by atoms with Crippen LogP contribution in [0.1, 0.15) is 17.9 Å². The third-order valence-corrected chi connectivity index (χ3v) is 4.03. The number of hydrogen-bond acceptors (Lipinski definition) is 6. The summed E-state index contributed by atoms with van der Waals surface area (Å²) in [6.07, 6.45) is 1.97. The number of imide groups is 2. The molecule has 9 heteroatoms. The van der Waals surface area contributed by atoms with E-state index in [0.717, 1.165) is 28.0 Å². The van der Waals surface area contributed by atoms with Gasteiger partial charge < -0.3 is 0 Å². The number of hydrogen-bond donors (Lipinski definition) is 0. The highest BCUT2D eigenvalue weighted by Crippen LogP contribution is 2.37.